The molecule has 0 N–H and O–H groups in total. The molecule has 3 fully saturated rings. The molecule has 0 radical (unpaired) electrons. The minimum atomic E-state index is 0.404. The van der Waals surface area contributed by atoms with Crippen LogP contribution in [0.1, 0.15) is 57.2 Å². The van der Waals surface area contributed by atoms with Gasteiger partial charge in [-0.2, -0.15) is 0 Å². The number of ether oxygens (including phenoxy) is 1. The zero-order chi connectivity index (χ0) is 17.8. The Hall–Kier alpha value is -0.980. The van der Waals surface area contributed by atoms with Crippen molar-refractivity contribution < 1.29 is 4.74 Å². The fourth-order valence-corrected chi connectivity index (χ4v) is 5.07. The van der Waals surface area contributed by atoms with Crippen molar-refractivity contribution in [3.8, 4) is 0 Å². The molecule has 2 aliphatic heterocycles. The molecule has 1 aromatic heterocycles. The first kappa shape index (κ1) is 18.4. The summed E-state index contributed by atoms with van der Waals surface area (Å²) in [4.78, 5) is 5.35. The number of rotatable bonds is 7. The van der Waals surface area contributed by atoms with E-state index in [1.807, 2.05) is 11.6 Å². The van der Waals surface area contributed by atoms with Gasteiger partial charge in [-0.15, -0.1) is 10.2 Å². The van der Waals surface area contributed by atoms with Crippen molar-refractivity contribution in [1.29, 1.82) is 0 Å². The van der Waals surface area contributed by atoms with Crippen LogP contribution in [-0.4, -0.2) is 69.5 Å². The third-order valence-electron chi connectivity index (χ3n) is 6.66. The van der Waals surface area contributed by atoms with E-state index in [-0.39, 0.29) is 0 Å². The van der Waals surface area contributed by atoms with Gasteiger partial charge in [0.2, 0.25) is 0 Å². The molecular formula is C20H35N5O. The molecule has 0 spiro atoms. The molecule has 3 aliphatic rings. The first-order valence-corrected chi connectivity index (χ1v) is 10.7. The van der Waals surface area contributed by atoms with Crippen molar-refractivity contribution in [1.82, 2.24) is 24.6 Å². The Balaban J connectivity index is 1.31. The molecule has 0 aromatic carbocycles. The lowest BCUT2D eigenvalue weighted by Gasteiger charge is -2.38. The summed E-state index contributed by atoms with van der Waals surface area (Å²) in [5.41, 5.74) is 0. The van der Waals surface area contributed by atoms with Crippen LogP contribution in [0.5, 0.6) is 0 Å². The van der Waals surface area contributed by atoms with Crippen molar-refractivity contribution in [3.05, 3.63) is 12.2 Å². The van der Waals surface area contributed by atoms with E-state index in [0.717, 1.165) is 37.5 Å². The minimum absolute atomic E-state index is 0.404. The summed E-state index contributed by atoms with van der Waals surface area (Å²) in [5, 5.41) is 8.37. The fraction of sp³-hybridized carbons (Fsp3) is 0.900. The van der Waals surface area contributed by atoms with Gasteiger partial charge in [0.05, 0.1) is 12.6 Å². The average molecular weight is 362 g/mol. The average Bonchev–Trinajstić information content (AvgIpc) is 3.40. The van der Waals surface area contributed by atoms with Crippen LogP contribution in [0.2, 0.25) is 0 Å². The predicted molar refractivity (Wildman–Crippen MR) is 102 cm³/mol. The Morgan fingerprint density at radius 2 is 1.88 bits per heavy atom. The molecule has 146 valence electrons. The van der Waals surface area contributed by atoms with Crippen molar-refractivity contribution in [2.24, 2.45) is 13.0 Å². The largest absolute Gasteiger partial charge is 0.377 e. The normalized spacial score (nSPS) is 26.3. The highest BCUT2D eigenvalue weighted by Crippen LogP contribution is 2.28. The second-order valence-corrected chi connectivity index (χ2v) is 8.60. The van der Waals surface area contributed by atoms with Crippen LogP contribution in [0.4, 0.5) is 0 Å². The van der Waals surface area contributed by atoms with Crippen LogP contribution < -0.4 is 0 Å². The summed E-state index contributed by atoms with van der Waals surface area (Å²) in [5.74, 6) is 1.87. The lowest BCUT2D eigenvalue weighted by molar-refractivity contribution is 0.0527. The smallest absolute Gasteiger partial charge is 0.146 e. The van der Waals surface area contributed by atoms with Gasteiger partial charge in [-0.05, 0) is 57.5 Å². The SMILES string of the molecule is Cn1cnnc1CN(CC1CCN(C2CCCC2)CC1)C[C@@H]1CCCO1. The Bertz CT molecular complexity index is 542. The summed E-state index contributed by atoms with van der Waals surface area (Å²) in [6.07, 6.45) is 13.1. The van der Waals surface area contributed by atoms with E-state index in [2.05, 4.69) is 20.0 Å². The van der Waals surface area contributed by atoms with E-state index < -0.39 is 0 Å². The van der Waals surface area contributed by atoms with Crippen molar-refractivity contribution in [2.45, 2.75) is 70.1 Å². The van der Waals surface area contributed by atoms with Gasteiger partial charge in [-0.1, -0.05) is 12.8 Å². The zero-order valence-electron chi connectivity index (χ0n) is 16.4. The molecule has 1 atom stereocenters. The molecule has 4 rings (SSSR count). The van der Waals surface area contributed by atoms with E-state index >= 15 is 0 Å². The third kappa shape index (κ3) is 4.65. The molecule has 1 saturated carbocycles. The summed E-state index contributed by atoms with van der Waals surface area (Å²) in [6.45, 7) is 6.63. The van der Waals surface area contributed by atoms with Gasteiger partial charge in [0.1, 0.15) is 12.2 Å². The van der Waals surface area contributed by atoms with Gasteiger partial charge in [0.25, 0.3) is 0 Å². The number of aryl methyl sites for hydroxylation is 1. The topological polar surface area (TPSA) is 46.4 Å². The predicted octanol–water partition coefficient (Wildman–Crippen LogP) is 2.45. The molecular weight excluding hydrogens is 326 g/mol. The molecule has 0 bridgehead atoms. The maximum Gasteiger partial charge on any atom is 0.146 e. The van der Waals surface area contributed by atoms with Gasteiger partial charge in [-0.25, -0.2) is 0 Å². The molecule has 0 amide bonds. The highest BCUT2D eigenvalue weighted by atomic mass is 16.5. The van der Waals surface area contributed by atoms with E-state index in [1.165, 1.54) is 71.0 Å². The number of aromatic nitrogens is 3. The molecule has 3 heterocycles. The standard InChI is InChI=1S/C20H35N5O/c1-23-16-21-22-20(23)15-24(14-19-7-4-12-26-19)13-17-8-10-25(11-9-17)18-5-2-3-6-18/h16-19H,2-15H2,1H3/t19-/m0/s1. The van der Waals surface area contributed by atoms with E-state index in [4.69, 9.17) is 4.74 Å². The van der Waals surface area contributed by atoms with Gasteiger partial charge in [-0.3, -0.25) is 4.90 Å². The van der Waals surface area contributed by atoms with Crippen molar-refractivity contribution >= 4 is 0 Å². The Labute approximate surface area is 157 Å². The first-order valence-electron chi connectivity index (χ1n) is 10.7. The highest BCUT2D eigenvalue weighted by Gasteiger charge is 2.29. The highest BCUT2D eigenvalue weighted by molar-refractivity contribution is 4.88. The van der Waals surface area contributed by atoms with Gasteiger partial charge >= 0.3 is 0 Å². The number of hydrogen-bond donors (Lipinski definition) is 0. The van der Waals surface area contributed by atoms with Gasteiger partial charge in [0.15, 0.2) is 0 Å². The van der Waals surface area contributed by atoms with E-state index in [9.17, 15) is 0 Å². The molecule has 1 aromatic rings. The lowest BCUT2D eigenvalue weighted by Crippen LogP contribution is -2.43. The monoisotopic (exact) mass is 361 g/mol. The summed E-state index contributed by atoms with van der Waals surface area (Å²) >= 11 is 0. The Morgan fingerprint density at radius 3 is 2.54 bits per heavy atom. The molecule has 6 heteroatoms. The summed E-state index contributed by atoms with van der Waals surface area (Å²) < 4.78 is 7.96. The maximum atomic E-state index is 5.91. The quantitative estimate of drug-likeness (QED) is 0.746. The van der Waals surface area contributed by atoms with Crippen LogP contribution >= 0.6 is 0 Å². The third-order valence-corrected chi connectivity index (χ3v) is 6.66. The molecule has 2 saturated heterocycles. The number of hydrogen-bond acceptors (Lipinski definition) is 5. The van der Waals surface area contributed by atoms with E-state index in [0.29, 0.717) is 6.10 Å². The number of likely N-dealkylation sites (tertiary alicyclic amines) is 1. The first-order chi connectivity index (χ1) is 12.8. The van der Waals surface area contributed by atoms with Crippen molar-refractivity contribution in [2.75, 3.05) is 32.8 Å². The molecule has 26 heavy (non-hydrogen) atoms. The van der Waals surface area contributed by atoms with Gasteiger partial charge < -0.3 is 14.2 Å². The summed E-state index contributed by atoms with van der Waals surface area (Å²) in [6, 6.07) is 0.887. The van der Waals surface area contributed by atoms with Crippen LogP contribution in [0, 0.1) is 5.92 Å². The van der Waals surface area contributed by atoms with Crippen LogP contribution in [0.25, 0.3) is 0 Å². The number of nitrogens with zero attached hydrogens (tertiary/aromatic N) is 5. The second kappa shape index (κ2) is 8.81. The van der Waals surface area contributed by atoms with Crippen LogP contribution in [-0.2, 0) is 18.3 Å². The fourth-order valence-electron chi connectivity index (χ4n) is 5.07. The lowest BCUT2D eigenvalue weighted by atomic mass is 9.94. The summed E-state index contributed by atoms with van der Waals surface area (Å²) in [7, 11) is 2.04. The maximum absolute atomic E-state index is 5.91. The van der Waals surface area contributed by atoms with Gasteiger partial charge in [0, 0.05) is 32.8 Å². The minimum Gasteiger partial charge on any atom is -0.377 e. The van der Waals surface area contributed by atoms with Crippen LogP contribution in [0.3, 0.4) is 0 Å². The number of piperidine rings is 1. The van der Waals surface area contributed by atoms with Crippen molar-refractivity contribution in [3.63, 3.8) is 0 Å². The van der Waals surface area contributed by atoms with E-state index in [1.54, 1.807) is 6.33 Å². The molecule has 6 nitrogen and oxygen atoms in total. The Kier molecular flexibility index (Phi) is 6.23. The Morgan fingerprint density at radius 1 is 1.08 bits per heavy atom. The second-order valence-electron chi connectivity index (χ2n) is 8.60. The zero-order valence-corrected chi connectivity index (χ0v) is 16.4. The molecule has 1 aliphatic carbocycles. The molecule has 0 unspecified atom stereocenters. The van der Waals surface area contributed by atoms with Crippen LogP contribution in [0.15, 0.2) is 6.33 Å².